The normalized spacial score (nSPS) is 13.7. The van der Waals surface area contributed by atoms with E-state index < -0.39 is 6.16 Å². The van der Waals surface area contributed by atoms with Crippen molar-refractivity contribution in [1.29, 1.82) is 0 Å². The van der Waals surface area contributed by atoms with Gasteiger partial charge >= 0.3 is 6.16 Å². The average molecular weight is 417 g/mol. The lowest BCUT2D eigenvalue weighted by Gasteiger charge is -2.29. The molecule has 0 aliphatic carbocycles. The number of allylic oxidation sites excluding steroid dienone is 1. The summed E-state index contributed by atoms with van der Waals surface area (Å²) in [6, 6.07) is 12.7. The van der Waals surface area contributed by atoms with Gasteiger partial charge in [-0.1, -0.05) is 30.3 Å². The summed E-state index contributed by atoms with van der Waals surface area (Å²) < 4.78 is 31.5. The molecule has 0 saturated carbocycles. The van der Waals surface area contributed by atoms with Crippen molar-refractivity contribution in [3.05, 3.63) is 94.2 Å². The van der Waals surface area contributed by atoms with Crippen LogP contribution in [0.2, 0.25) is 0 Å². The van der Waals surface area contributed by atoms with E-state index in [9.17, 15) is 13.6 Å². The van der Waals surface area contributed by atoms with E-state index in [4.69, 9.17) is 9.84 Å². The number of benzene rings is 2. The van der Waals surface area contributed by atoms with Crippen LogP contribution in [0, 0.1) is 11.6 Å². The molecule has 0 fully saturated rings. The Bertz CT molecular complexity index is 913. The minimum absolute atomic E-state index is 0.259. The van der Waals surface area contributed by atoms with Crippen molar-refractivity contribution in [1.82, 2.24) is 4.90 Å². The maximum atomic E-state index is 13.5. The molecule has 0 radical (unpaired) electrons. The summed E-state index contributed by atoms with van der Waals surface area (Å²) >= 11 is 1.50. The van der Waals surface area contributed by atoms with Gasteiger partial charge in [-0.25, -0.2) is 13.6 Å². The minimum Gasteiger partial charge on any atom is -0.449 e. The van der Waals surface area contributed by atoms with E-state index in [1.54, 1.807) is 24.3 Å². The largest absolute Gasteiger partial charge is 0.511 e. The molecule has 2 aromatic rings. The number of nitrogens with zero attached hydrogens (tertiary/aromatic N) is 1. The summed E-state index contributed by atoms with van der Waals surface area (Å²) in [5.74, 6) is 0.430. The van der Waals surface area contributed by atoms with Crippen molar-refractivity contribution in [3.8, 4) is 0 Å². The predicted molar refractivity (Wildman–Crippen MR) is 109 cm³/mol. The van der Waals surface area contributed by atoms with Crippen molar-refractivity contribution in [2.24, 2.45) is 0 Å². The van der Waals surface area contributed by atoms with Crippen molar-refractivity contribution < 1.29 is 23.4 Å². The summed E-state index contributed by atoms with van der Waals surface area (Å²) in [7, 11) is 0. The van der Waals surface area contributed by atoms with Crippen LogP contribution in [0.1, 0.15) is 17.5 Å². The fraction of sp³-hybridized carbons (Fsp3) is 0.227. The van der Waals surface area contributed by atoms with Gasteiger partial charge in [-0.2, -0.15) is 0 Å². The molecular formula is C22H21F2NO3S. The van der Waals surface area contributed by atoms with Crippen LogP contribution >= 0.6 is 11.8 Å². The lowest BCUT2D eigenvalue weighted by Crippen LogP contribution is -2.26. The van der Waals surface area contributed by atoms with Crippen molar-refractivity contribution in [3.63, 3.8) is 0 Å². The number of carbonyl (C=O) groups is 1. The van der Waals surface area contributed by atoms with Crippen LogP contribution in [0.5, 0.6) is 0 Å². The lowest BCUT2D eigenvalue weighted by atomic mass is 10.1. The van der Waals surface area contributed by atoms with Gasteiger partial charge in [0.05, 0.1) is 0 Å². The maximum Gasteiger partial charge on any atom is 0.511 e. The number of hydrogen-bond donors (Lipinski definition) is 1. The highest BCUT2D eigenvalue weighted by molar-refractivity contribution is 8.03. The Morgan fingerprint density at radius 3 is 2.62 bits per heavy atom. The summed E-state index contributed by atoms with van der Waals surface area (Å²) in [6.07, 6.45) is 3.72. The van der Waals surface area contributed by atoms with Crippen LogP contribution in [-0.2, 0) is 17.7 Å². The first-order valence-corrected chi connectivity index (χ1v) is 10.2. The van der Waals surface area contributed by atoms with Gasteiger partial charge in [0.15, 0.2) is 5.76 Å². The summed E-state index contributed by atoms with van der Waals surface area (Å²) in [6.45, 7) is 1.01. The molecule has 152 valence electrons. The topological polar surface area (TPSA) is 49.8 Å². The molecule has 0 aromatic heterocycles. The molecule has 0 amide bonds. The number of ether oxygens (including phenoxy) is 1. The molecule has 2 aromatic carbocycles. The monoisotopic (exact) mass is 417 g/mol. The van der Waals surface area contributed by atoms with Crippen molar-refractivity contribution in [2.45, 2.75) is 19.4 Å². The van der Waals surface area contributed by atoms with Crippen LogP contribution in [0.3, 0.4) is 0 Å². The summed E-state index contributed by atoms with van der Waals surface area (Å²) in [5, 5.41) is 9.75. The summed E-state index contributed by atoms with van der Waals surface area (Å²) in [5.41, 5.74) is 1.84. The van der Waals surface area contributed by atoms with Crippen LogP contribution in [0.4, 0.5) is 13.6 Å². The van der Waals surface area contributed by atoms with Gasteiger partial charge in [-0.15, -0.1) is 11.8 Å². The second kappa shape index (κ2) is 10.1. The van der Waals surface area contributed by atoms with E-state index in [0.29, 0.717) is 18.1 Å². The molecule has 0 unspecified atom stereocenters. The van der Waals surface area contributed by atoms with E-state index in [1.165, 1.54) is 36.0 Å². The highest BCUT2D eigenvalue weighted by Crippen LogP contribution is 2.31. The van der Waals surface area contributed by atoms with Crippen molar-refractivity contribution in [2.75, 3.05) is 12.3 Å². The highest BCUT2D eigenvalue weighted by atomic mass is 32.2. The molecule has 0 atom stereocenters. The van der Waals surface area contributed by atoms with Crippen LogP contribution < -0.4 is 0 Å². The summed E-state index contributed by atoms with van der Waals surface area (Å²) in [4.78, 5) is 13.0. The predicted octanol–water partition coefficient (Wildman–Crippen LogP) is 5.57. The van der Waals surface area contributed by atoms with E-state index >= 15 is 0 Å². The number of carboxylic acid groups (broad SMARTS) is 1. The zero-order valence-corrected chi connectivity index (χ0v) is 16.5. The fourth-order valence-corrected chi connectivity index (χ4v) is 4.08. The fourth-order valence-electron chi connectivity index (χ4n) is 3.02. The van der Waals surface area contributed by atoms with Gasteiger partial charge < -0.3 is 14.7 Å². The second-order valence-corrected chi connectivity index (χ2v) is 7.61. The zero-order chi connectivity index (χ0) is 20.6. The Morgan fingerprint density at radius 1 is 1.10 bits per heavy atom. The molecule has 1 aliphatic rings. The molecule has 29 heavy (non-hydrogen) atoms. The number of thioether (sulfide) groups is 1. The molecular weight excluding hydrogens is 396 g/mol. The highest BCUT2D eigenvalue weighted by Gasteiger charge is 2.21. The van der Waals surface area contributed by atoms with Gasteiger partial charge in [-0.05, 0) is 60.1 Å². The average Bonchev–Trinajstić information content (AvgIpc) is 2.68. The molecule has 7 heteroatoms. The second-order valence-electron chi connectivity index (χ2n) is 6.53. The smallest absolute Gasteiger partial charge is 0.449 e. The van der Waals surface area contributed by atoms with Gasteiger partial charge in [0.2, 0.25) is 0 Å². The van der Waals surface area contributed by atoms with Crippen molar-refractivity contribution >= 4 is 17.9 Å². The lowest BCUT2D eigenvalue weighted by molar-refractivity contribution is 0.119. The first kappa shape index (κ1) is 20.9. The van der Waals surface area contributed by atoms with E-state index in [-0.39, 0.29) is 17.4 Å². The third kappa shape index (κ3) is 6.35. The molecule has 0 bridgehead atoms. The molecule has 4 nitrogen and oxygen atoms in total. The Hall–Kier alpha value is -2.80. The Balaban J connectivity index is 1.67. The minimum atomic E-state index is -1.37. The van der Waals surface area contributed by atoms with E-state index in [2.05, 4.69) is 0 Å². The maximum absolute atomic E-state index is 13.5. The van der Waals surface area contributed by atoms with Gasteiger partial charge in [0, 0.05) is 13.1 Å². The molecule has 0 saturated heterocycles. The quantitative estimate of drug-likeness (QED) is 0.450. The Kier molecular flexibility index (Phi) is 7.30. The number of hydrogen-bond acceptors (Lipinski definition) is 4. The van der Waals surface area contributed by atoms with Gasteiger partial charge in [-0.3, -0.25) is 0 Å². The third-order valence-electron chi connectivity index (χ3n) is 4.31. The standard InChI is InChI=1S/C22H21F2NO3S/c23-18-10-8-16(9-11-18)5-3-13-29-21-20(28-22(26)27)7-2-12-25(21)15-17-4-1-6-19(24)14-17/h1-2,4,6-11,14H,3,5,12-13,15H2,(H,26,27). The van der Waals surface area contributed by atoms with Gasteiger partial charge in [0.25, 0.3) is 0 Å². The third-order valence-corrected chi connectivity index (χ3v) is 5.54. The van der Waals surface area contributed by atoms with E-state index in [0.717, 1.165) is 29.7 Å². The molecule has 1 heterocycles. The van der Waals surface area contributed by atoms with Crippen LogP contribution in [-0.4, -0.2) is 28.5 Å². The number of halogens is 2. The molecule has 3 rings (SSSR count). The first-order chi connectivity index (χ1) is 14.0. The molecule has 0 spiro atoms. The first-order valence-electron chi connectivity index (χ1n) is 9.19. The molecule has 1 aliphatic heterocycles. The van der Waals surface area contributed by atoms with Gasteiger partial charge in [0.1, 0.15) is 16.7 Å². The SMILES string of the molecule is O=C(O)OC1=C(SCCCc2ccc(F)cc2)N(Cc2cccc(F)c2)CC=C1. The zero-order valence-electron chi connectivity index (χ0n) is 15.7. The Labute approximate surface area is 172 Å². The molecule has 1 N–H and O–H groups in total. The number of rotatable bonds is 8. The Morgan fingerprint density at radius 2 is 1.90 bits per heavy atom. The number of aryl methyl sites for hydroxylation is 1. The van der Waals surface area contributed by atoms with Crippen LogP contribution in [0.15, 0.2) is 71.5 Å². The van der Waals surface area contributed by atoms with E-state index in [1.807, 2.05) is 17.0 Å². The van der Waals surface area contributed by atoms with Crippen LogP contribution in [0.25, 0.3) is 0 Å².